The van der Waals surface area contributed by atoms with Crippen LogP contribution in [0.3, 0.4) is 0 Å². The number of hydrogen-bond acceptors (Lipinski definition) is 5. The molecule has 0 saturated heterocycles. The van der Waals surface area contributed by atoms with E-state index < -0.39 is 4.92 Å². The van der Waals surface area contributed by atoms with Crippen molar-refractivity contribution in [2.45, 2.75) is 6.92 Å². The van der Waals surface area contributed by atoms with Gasteiger partial charge in [-0.25, -0.2) is 0 Å². The summed E-state index contributed by atoms with van der Waals surface area (Å²) < 4.78 is 0. The van der Waals surface area contributed by atoms with Crippen LogP contribution in [0.4, 0.5) is 17.1 Å². The first-order valence-corrected chi connectivity index (χ1v) is 7.71. The maximum atomic E-state index is 11.1. The highest BCUT2D eigenvalue weighted by molar-refractivity contribution is 5.93. The zero-order valence-corrected chi connectivity index (χ0v) is 13.3. The summed E-state index contributed by atoms with van der Waals surface area (Å²) in [5.41, 5.74) is 2.33. The second-order valence-electron chi connectivity index (χ2n) is 5.49. The van der Waals surface area contributed by atoms with Crippen LogP contribution in [0.25, 0.3) is 10.8 Å². The van der Waals surface area contributed by atoms with Crippen LogP contribution in [0.1, 0.15) is 5.56 Å². The highest BCUT2D eigenvalue weighted by atomic mass is 16.6. The van der Waals surface area contributed by atoms with E-state index in [1.807, 2.05) is 24.3 Å². The molecule has 0 aliphatic rings. The fourth-order valence-electron chi connectivity index (χ4n) is 2.68. The van der Waals surface area contributed by atoms with E-state index in [0.717, 1.165) is 16.6 Å². The van der Waals surface area contributed by atoms with Crippen LogP contribution in [-0.2, 0) is 0 Å². The number of anilines is 2. The van der Waals surface area contributed by atoms with Crippen molar-refractivity contribution in [2.24, 2.45) is 0 Å². The SMILES string of the molecule is Cc1cncc([N+](=O)[O-])c1NCCNc1cccc2ccccc12. The number of aryl methyl sites for hydroxylation is 1. The molecule has 3 aromatic rings. The molecule has 6 heteroatoms. The van der Waals surface area contributed by atoms with E-state index in [4.69, 9.17) is 0 Å². The molecular formula is C18H18N4O2. The summed E-state index contributed by atoms with van der Waals surface area (Å²) in [5.74, 6) is 0. The topological polar surface area (TPSA) is 80.1 Å². The van der Waals surface area contributed by atoms with Crippen molar-refractivity contribution in [3.05, 3.63) is 70.5 Å². The van der Waals surface area contributed by atoms with Gasteiger partial charge in [-0.15, -0.1) is 0 Å². The van der Waals surface area contributed by atoms with Crippen molar-refractivity contribution >= 4 is 27.8 Å². The third-order valence-electron chi connectivity index (χ3n) is 3.84. The molecule has 0 aliphatic carbocycles. The van der Waals surface area contributed by atoms with E-state index in [1.165, 1.54) is 11.6 Å². The molecule has 122 valence electrons. The van der Waals surface area contributed by atoms with Crippen molar-refractivity contribution in [3.63, 3.8) is 0 Å². The van der Waals surface area contributed by atoms with Gasteiger partial charge in [-0.3, -0.25) is 15.1 Å². The van der Waals surface area contributed by atoms with Crippen LogP contribution in [0.15, 0.2) is 54.9 Å². The Morgan fingerprint density at radius 2 is 1.79 bits per heavy atom. The molecule has 0 radical (unpaired) electrons. The molecule has 0 bridgehead atoms. The van der Waals surface area contributed by atoms with Gasteiger partial charge in [0, 0.05) is 30.4 Å². The number of benzene rings is 2. The lowest BCUT2D eigenvalue weighted by Gasteiger charge is -2.12. The summed E-state index contributed by atoms with van der Waals surface area (Å²) in [6, 6.07) is 14.3. The molecule has 24 heavy (non-hydrogen) atoms. The lowest BCUT2D eigenvalue weighted by molar-refractivity contribution is -0.384. The number of fused-ring (bicyclic) bond motifs is 1. The van der Waals surface area contributed by atoms with Gasteiger partial charge in [-0.2, -0.15) is 0 Å². The minimum Gasteiger partial charge on any atom is -0.383 e. The molecule has 2 N–H and O–H groups in total. The number of nitrogens with zero attached hydrogens (tertiary/aromatic N) is 2. The minimum atomic E-state index is -0.416. The molecule has 0 saturated carbocycles. The number of aromatic nitrogens is 1. The molecule has 1 aromatic heterocycles. The van der Waals surface area contributed by atoms with E-state index in [9.17, 15) is 10.1 Å². The standard InChI is InChI=1S/C18H18N4O2/c1-13-11-19-12-17(22(23)24)18(13)21-10-9-20-16-8-4-6-14-5-2-3-7-15(14)16/h2-8,11-12,20H,9-10H2,1H3,(H,19,21). The van der Waals surface area contributed by atoms with Crippen LogP contribution in [0.5, 0.6) is 0 Å². The van der Waals surface area contributed by atoms with Gasteiger partial charge >= 0.3 is 5.69 Å². The summed E-state index contributed by atoms with van der Waals surface area (Å²) in [6.45, 7) is 3.02. The van der Waals surface area contributed by atoms with E-state index in [-0.39, 0.29) is 5.69 Å². The predicted octanol–water partition coefficient (Wildman–Crippen LogP) is 3.98. The highest BCUT2D eigenvalue weighted by Gasteiger charge is 2.15. The molecule has 6 nitrogen and oxygen atoms in total. The normalized spacial score (nSPS) is 10.5. The fraction of sp³-hybridized carbons (Fsp3) is 0.167. The van der Waals surface area contributed by atoms with E-state index >= 15 is 0 Å². The third-order valence-corrected chi connectivity index (χ3v) is 3.84. The quantitative estimate of drug-likeness (QED) is 0.408. The molecule has 3 rings (SSSR count). The molecule has 0 spiro atoms. The number of rotatable bonds is 6. The number of nitro groups is 1. The average molecular weight is 322 g/mol. The molecule has 1 heterocycles. The highest BCUT2D eigenvalue weighted by Crippen LogP contribution is 2.26. The second-order valence-corrected chi connectivity index (χ2v) is 5.49. The monoisotopic (exact) mass is 322 g/mol. The largest absolute Gasteiger partial charge is 0.383 e. The lowest BCUT2D eigenvalue weighted by atomic mass is 10.1. The number of nitrogens with one attached hydrogen (secondary N) is 2. The maximum absolute atomic E-state index is 11.1. The number of pyridine rings is 1. The average Bonchev–Trinajstić information content (AvgIpc) is 2.59. The second kappa shape index (κ2) is 6.95. The first-order valence-electron chi connectivity index (χ1n) is 7.71. The van der Waals surface area contributed by atoms with Gasteiger partial charge in [-0.1, -0.05) is 36.4 Å². The van der Waals surface area contributed by atoms with Crippen molar-refractivity contribution < 1.29 is 4.92 Å². The van der Waals surface area contributed by atoms with Crippen LogP contribution < -0.4 is 10.6 Å². The van der Waals surface area contributed by atoms with E-state index in [1.54, 1.807) is 13.1 Å². The Morgan fingerprint density at radius 3 is 2.62 bits per heavy atom. The van der Waals surface area contributed by atoms with E-state index in [0.29, 0.717) is 18.8 Å². The van der Waals surface area contributed by atoms with Gasteiger partial charge in [0.25, 0.3) is 0 Å². The Bertz CT molecular complexity index is 875. The molecule has 2 aromatic carbocycles. The Hall–Kier alpha value is -3.15. The van der Waals surface area contributed by atoms with Crippen LogP contribution in [-0.4, -0.2) is 23.0 Å². The van der Waals surface area contributed by atoms with Crippen molar-refractivity contribution in [1.29, 1.82) is 0 Å². The van der Waals surface area contributed by atoms with Crippen molar-refractivity contribution in [1.82, 2.24) is 4.98 Å². The molecule has 0 aliphatic heterocycles. The number of hydrogen-bond donors (Lipinski definition) is 2. The van der Waals surface area contributed by atoms with Gasteiger partial charge in [-0.05, 0) is 23.9 Å². The summed E-state index contributed by atoms with van der Waals surface area (Å²) in [5, 5.41) is 19.9. The minimum absolute atomic E-state index is 0.000149. The zero-order chi connectivity index (χ0) is 16.9. The van der Waals surface area contributed by atoms with Gasteiger partial charge in [0.1, 0.15) is 11.9 Å². The van der Waals surface area contributed by atoms with Crippen molar-refractivity contribution in [3.8, 4) is 0 Å². The first-order chi connectivity index (χ1) is 11.7. The molecule has 0 fully saturated rings. The van der Waals surface area contributed by atoms with Crippen LogP contribution in [0, 0.1) is 17.0 Å². The fourth-order valence-corrected chi connectivity index (χ4v) is 2.68. The Kier molecular flexibility index (Phi) is 4.56. The molecule has 0 unspecified atom stereocenters. The third kappa shape index (κ3) is 3.27. The Morgan fingerprint density at radius 1 is 1.04 bits per heavy atom. The summed E-state index contributed by atoms with van der Waals surface area (Å²) in [6.07, 6.45) is 2.89. The van der Waals surface area contributed by atoms with Crippen LogP contribution in [0.2, 0.25) is 0 Å². The summed E-state index contributed by atoms with van der Waals surface area (Å²) in [4.78, 5) is 14.5. The molecular weight excluding hydrogens is 304 g/mol. The Labute approximate surface area is 139 Å². The van der Waals surface area contributed by atoms with Crippen molar-refractivity contribution in [2.75, 3.05) is 23.7 Å². The van der Waals surface area contributed by atoms with Gasteiger partial charge in [0.15, 0.2) is 0 Å². The Balaban J connectivity index is 1.67. The van der Waals surface area contributed by atoms with Crippen LogP contribution >= 0.6 is 0 Å². The van der Waals surface area contributed by atoms with Gasteiger partial charge in [0.05, 0.1) is 4.92 Å². The molecule has 0 amide bonds. The summed E-state index contributed by atoms with van der Waals surface area (Å²) in [7, 11) is 0. The smallest absolute Gasteiger partial charge is 0.310 e. The maximum Gasteiger partial charge on any atom is 0.310 e. The zero-order valence-electron chi connectivity index (χ0n) is 13.3. The van der Waals surface area contributed by atoms with Gasteiger partial charge < -0.3 is 10.6 Å². The van der Waals surface area contributed by atoms with E-state index in [2.05, 4.69) is 33.8 Å². The molecule has 0 atom stereocenters. The lowest BCUT2D eigenvalue weighted by Crippen LogP contribution is -2.15. The first kappa shape index (κ1) is 15.7. The van der Waals surface area contributed by atoms with Gasteiger partial charge in [0.2, 0.25) is 0 Å². The predicted molar refractivity (Wildman–Crippen MR) is 96.6 cm³/mol. The summed E-state index contributed by atoms with van der Waals surface area (Å²) >= 11 is 0.